The summed E-state index contributed by atoms with van der Waals surface area (Å²) >= 11 is 4.95. The Morgan fingerprint density at radius 2 is 2.23 bits per heavy atom. The minimum absolute atomic E-state index is 0.0617. The molecule has 7 atom stereocenters. The number of thiol groups is 1. The molecule has 6 rings (SSSR count). The third kappa shape index (κ3) is 1.90. The second kappa shape index (κ2) is 5.33. The molecule has 1 aromatic carbocycles. The SMILES string of the molecule is COc1ccc2c3c1O[C@H]1[C@H](S)CC[C@H]4[C@@H](C2)N(CC2CC2O)CC[C@@]341. The predicted octanol–water partition coefficient (Wildman–Crippen LogP) is 2.41. The molecule has 0 aromatic heterocycles. The standard InChI is InChI=1S/C21H27NO3S/c1-24-16-4-2-11-8-14-13-3-5-17(26)20-21(13,18(11)19(16)25-20)6-7-22(14)10-12-9-15(12)23/h2,4,12-15,17,20,23,26H,3,5-10H2,1H3/t12?,13-,14+,15?,17+,20-,21-/m0/s1. The lowest BCUT2D eigenvalue weighted by Gasteiger charge is -2.59. The molecule has 1 saturated heterocycles. The molecule has 3 aliphatic carbocycles. The van der Waals surface area contributed by atoms with Crippen molar-refractivity contribution in [2.45, 2.75) is 61.0 Å². The zero-order valence-corrected chi connectivity index (χ0v) is 16.1. The molecule has 0 radical (unpaired) electrons. The Bertz CT molecular complexity index is 770. The molecule has 1 N–H and O–H groups in total. The van der Waals surface area contributed by atoms with Gasteiger partial charge in [-0.1, -0.05) is 6.07 Å². The van der Waals surface area contributed by atoms with Gasteiger partial charge in [0.25, 0.3) is 0 Å². The van der Waals surface area contributed by atoms with Gasteiger partial charge in [-0.25, -0.2) is 0 Å². The van der Waals surface area contributed by atoms with Gasteiger partial charge in [-0.3, -0.25) is 4.90 Å². The van der Waals surface area contributed by atoms with E-state index in [-0.39, 0.29) is 17.6 Å². The van der Waals surface area contributed by atoms with Gasteiger partial charge in [-0.05, 0) is 56.2 Å². The zero-order valence-electron chi connectivity index (χ0n) is 15.2. The Labute approximate surface area is 160 Å². The summed E-state index contributed by atoms with van der Waals surface area (Å²) in [5.74, 6) is 3.02. The molecule has 2 heterocycles. The number of piperidine rings is 1. The molecule has 140 valence electrons. The minimum atomic E-state index is -0.0617. The van der Waals surface area contributed by atoms with Crippen LogP contribution in [0.1, 0.15) is 36.8 Å². The minimum Gasteiger partial charge on any atom is -0.493 e. The summed E-state index contributed by atoms with van der Waals surface area (Å²) in [7, 11) is 1.74. The Kier molecular flexibility index (Phi) is 3.30. The van der Waals surface area contributed by atoms with Gasteiger partial charge in [0.1, 0.15) is 6.10 Å². The lowest BCUT2D eigenvalue weighted by molar-refractivity contribution is -0.0509. The first kappa shape index (κ1) is 16.1. The van der Waals surface area contributed by atoms with Crippen molar-refractivity contribution >= 4 is 12.6 Å². The van der Waals surface area contributed by atoms with Gasteiger partial charge in [0.05, 0.1) is 13.2 Å². The van der Waals surface area contributed by atoms with Crippen LogP contribution in [0.4, 0.5) is 0 Å². The van der Waals surface area contributed by atoms with Crippen molar-refractivity contribution in [3.63, 3.8) is 0 Å². The van der Waals surface area contributed by atoms with E-state index in [1.807, 2.05) is 0 Å². The van der Waals surface area contributed by atoms with Crippen LogP contribution in [0.25, 0.3) is 0 Å². The number of benzene rings is 1. The van der Waals surface area contributed by atoms with E-state index in [9.17, 15) is 5.11 Å². The quantitative estimate of drug-likeness (QED) is 0.799. The number of likely N-dealkylation sites (tertiary alicyclic amines) is 1. The molecule has 4 nitrogen and oxygen atoms in total. The van der Waals surface area contributed by atoms with E-state index in [2.05, 4.69) is 17.0 Å². The first-order chi connectivity index (χ1) is 12.6. The third-order valence-corrected chi connectivity index (χ3v) is 8.49. The fourth-order valence-corrected chi connectivity index (χ4v) is 7.18. The van der Waals surface area contributed by atoms with Crippen LogP contribution in [-0.2, 0) is 11.8 Å². The van der Waals surface area contributed by atoms with Gasteiger partial charge in [-0.2, -0.15) is 12.6 Å². The van der Waals surface area contributed by atoms with Crippen molar-refractivity contribution in [1.29, 1.82) is 0 Å². The van der Waals surface area contributed by atoms with Crippen molar-refractivity contribution in [3.05, 3.63) is 23.3 Å². The first-order valence-corrected chi connectivity index (χ1v) is 10.6. The van der Waals surface area contributed by atoms with Crippen LogP contribution in [0.15, 0.2) is 12.1 Å². The van der Waals surface area contributed by atoms with E-state index < -0.39 is 0 Å². The van der Waals surface area contributed by atoms with E-state index in [1.165, 1.54) is 17.5 Å². The van der Waals surface area contributed by atoms with E-state index in [4.69, 9.17) is 22.1 Å². The van der Waals surface area contributed by atoms with Crippen molar-refractivity contribution in [3.8, 4) is 11.5 Å². The van der Waals surface area contributed by atoms with Crippen molar-refractivity contribution in [1.82, 2.24) is 4.90 Å². The molecule has 2 unspecified atom stereocenters. The highest BCUT2D eigenvalue weighted by molar-refractivity contribution is 7.81. The summed E-state index contributed by atoms with van der Waals surface area (Å²) in [6.45, 7) is 2.17. The first-order valence-electron chi connectivity index (χ1n) is 10.1. The number of hydrogen-bond donors (Lipinski definition) is 2. The molecule has 1 spiro atoms. The van der Waals surface area contributed by atoms with E-state index >= 15 is 0 Å². The number of aliphatic hydroxyl groups excluding tert-OH is 1. The average molecular weight is 374 g/mol. The van der Waals surface area contributed by atoms with Crippen molar-refractivity contribution < 1.29 is 14.6 Å². The summed E-state index contributed by atoms with van der Waals surface area (Å²) < 4.78 is 12.3. The molecule has 2 aliphatic heterocycles. The normalized spacial score (nSPS) is 45.0. The number of nitrogens with zero attached hydrogens (tertiary/aromatic N) is 1. The van der Waals surface area contributed by atoms with Crippen LogP contribution in [-0.4, -0.2) is 53.7 Å². The molecule has 3 fully saturated rings. The van der Waals surface area contributed by atoms with E-state index in [0.717, 1.165) is 50.3 Å². The molecular weight excluding hydrogens is 346 g/mol. The smallest absolute Gasteiger partial charge is 0.165 e. The topological polar surface area (TPSA) is 41.9 Å². The number of ether oxygens (including phenoxy) is 2. The van der Waals surface area contributed by atoms with Gasteiger partial charge in [0.2, 0.25) is 0 Å². The number of hydrogen-bond acceptors (Lipinski definition) is 5. The van der Waals surface area contributed by atoms with Gasteiger partial charge < -0.3 is 14.6 Å². The van der Waals surface area contributed by atoms with Gasteiger partial charge in [0, 0.05) is 34.7 Å². The maximum Gasteiger partial charge on any atom is 0.165 e. The fourth-order valence-electron chi connectivity index (χ4n) is 6.70. The Morgan fingerprint density at radius 1 is 1.38 bits per heavy atom. The van der Waals surface area contributed by atoms with Gasteiger partial charge in [0.15, 0.2) is 11.5 Å². The number of rotatable bonds is 3. The Balaban J connectivity index is 1.48. The highest BCUT2D eigenvalue weighted by Crippen LogP contribution is 2.64. The summed E-state index contributed by atoms with van der Waals surface area (Å²) in [6, 6.07) is 4.93. The summed E-state index contributed by atoms with van der Waals surface area (Å²) in [6.07, 6.45) is 5.71. The summed E-state index contributed by atoms with van der Waals surface area (Å²) in [4.78, 5) is 2.69. The average Bonchev–Trinajstić information content (AvgIpc) is 3.21. The van der Waals surface area contributed by atoms with E-state index in [0.29, 0.717) is 23.1 Å². The predicted molar refractivity (Wildman–Crippen MR) is 102 cm³/mol. The summed E-state index contributed by atoms with van der Waals surface area (Å²) in [5.41, 5.74) is 3.02. The summed E-state index contributed by atoms with van der Waals surface area (Å²) in [5, 5.41) is 10.1. The Hall–Kier alpha value is -0.910. The lowest BCUT2D eigenvalue weighted by atomic mass is 9.52. The van der Waals surface area contributed by atoms with Crippen LogP contribution in [0.5, 0.6) is 11.5 Å². The monoisotopic (exact) mass is 373 g/mol. The molecule has 5 heteroatoms. The molecule has 2 bridgehead atoms. The molecule has 0 amide bonds. The second-order valence-electron chi connectivity index (χ2n) is 9.04. The number of methoxy groups -OCH3 is 1. The van der Waals surface area contributed by atoms with E-state index in [1.54, 1.807) is 7.11 Å². The second-order valence-corrected chi connectivity index (χ2v) is 9.70. The largest absolute Gasteiger partial charge is 0.493 e. The highest BCUT2D eigenvalue weighted by Gasteiger charge is 2.65. The van der Waals surface area contributed by atoms with Crippen LogP contribution >= 0.6 is 12.6 Å². The molecule has 2 saturated carbocycles. The molecule has 1 aromatic rings. The lowest BCUT2D eigenvalue weighted by Crippen LogP contribution is -2.66. The number of aliphatic hydroxyl groups is 1. The van der Waals surface area contributed by atoms with Gasteiger partial charge >= 0.3 is 0 Å². The zero-order chi connectivity index (χ0) is 17.6. The molecular formula is C21H27NO3S. The maximum atomic E-state index is 9.84. The van der Waals surface area contributed by atoms with Gasteiger partial charge in [-0.15, -0.1) is 0 Å². The molecule has 5 aliphatic rings. The Morgan fingerprint density at radius 3 is 3.00 bits per heavy atom. The van der Waals surface area contributed by atoms with Crippen molar-refractivity contribution in [2.75, 3.05) is 20.2 Å². The van der Waals surface area contributed by atoms with Crippen LogP contribution < -0.4 is 9.47 Å². The fraction of sp³-hybridized carbons (Fsp3) is 0.714. The van der Waals surface area contributed by atoms with Crippen LogP contribution in [0.3, 0.4) is 0 Å². The third-order valence-electron chi connectivity index (χ3n) is 7.96. The van der Waals surface area contributed by atoms with Crippen LogP contribution in [0.2, 0.25) is 0 Å². The van der Waals surface area contributed by atoms with Crippen LogP contribution in [0, 0.1) is 11.8 Å². The highest BCUT2D eigenvalue weighted by atomic mass is 32.1. The van der Waals surface area contributed by atoms with Crippen molar-refractivity contribution in [2.24, 2.45) is 11.8 Å². The molecule has 26 heavy (non-hydrogen) atoms. The maximum absolute atomic E-state index is 9.84.